The summed E-state index contributed by atoms with van der Waals surface area (Å²) < 4.78 is 27.4. The molecule has 0 unspecified atom stereocenters. The Labute approximate surface area is 189 Å². The van der Waals surface area contributed by atoms with Crippen LogP contribution >= 0.6 is 34.5 Å². The number of nitrogens with two attached hydrogens (primary N) is 1. The fraction of sp³-hybridized carbons (Fsp3) is 0.263. The number of rotatable bonds is 8. The maximum Gasteiger partial charge on any atom is 0.250 e. The molecule has 0 saturated carbocycles. The number of hydrogen-bond donors (Lipinski definition) is 3. The van der Waals surface area contributed by atoms with E-state index in [-0.39, 0.29) is 26.1 Å². The average Bonchev–Trinajstić information content (AvgIpc) is 3.03. The molecular formula is C19H21Cl2N5O2S2. The number of aromatic nitrogens is 2. The molecule has 0 spiro atoms. The molecule has 0 amide bonds. The van der Waals surface area contributed by atoms with Crippen molar-refractivity contribution in [1.29, 1.82) is 0 Å². The smallest absolute Gasteiger partial charge is 0.250 e. The molecule has 0 aliphatic carbocycles. The molecule has 0 aliphatic heterocycles. The van der Waals surface area contributed by atoms with Crippen molar-refractivity contribution >= 4 is 56.3 Å². The van der Waals surface area contributed by atoms with Gasteiger partial charge in [0.1, 0.15) is 14.4 Å². The lowest BCUT2D eigenvalue weighted by Crippen LogP contribution is -2.25. The Bertz CT molecular complexity index is 1150. The third-order valence-electron chi connectivity index (χ3n) is 4.46. The summed E-state index contributed by atoms with van der Waals surface area (Å²) in [6.07, 6.45) is 0.536. The second-order valence-electron chi connectivity index (χ2n) is 6.61. The summed E-state index contributed by atoms with van der Waals surface area (Å²) in [5, 5.41) is 3.39. The van der Waals surface area contributed by atoms with E-state index in [9.17, 15) is 8.42 Å². The van der Waals surface area contributed by atoms with Crippen molar-refractivity contribution in [2.75, 3.05) is 24.1 Å². The van der Waals surface area contributed by atoms with Gasteiger partial charge in [-0.15, -0.1) is 11.3 Å². The van der Waals surface area contributed by atoms with Crippen LogP contribution in [0.4, 0.5) is 11.8 Å². The van der Waals surface area contributed by atoms with E-state index in [1.807, 2.05) is 38.1 Å². The van der Waals surface area contributed by atoms with Crippen LogP contribution in [0.1, 0.15) is 17.5 Å². The highest BCUT2D eigenvalue weighted by Crippen LogP contribution is 2.34. The molecule has 3 aromatic rings. The van der Waals surface area contributed by atoms with E-state index >= 15 is 0 Å². The minimum Gasteiger partial charge on any atom is -0.370 e. The molecule has 0 atom stereocenters. The van der Waals surface area contributed by atoms with Crippen LogP contribution in [-0.2, 0) is 10.0 Å². The summed E-state index contributed by atoms with van der Waals surface area (Å²) in [5.74, 6) is 0.751. The predicted octanol–water partition coefficient (Wildman–Crippen LogP) is 4.49. The van der Waals surface area contributed by atoms with Gasteiger partial charge in [0.25, 0.3) is 0 Å². The quantitative estimate of drug-likeness (QED) is 0.405. The zero-order valence-corrected chi connectivity index (χ0v) is 19.5. The maximum absolute atomic E-state index is 12.3. The van der Waals surface area contributed by atoms with Gasteiger partial charge in [0.15, 0.2) is 0 Å². The highest BCUT2D eigenvalue weighted by molar-refractivity contribution is 7.91. The van der Waals surface area contributed by atoms with Crippen LogP contribution in [0.25, 0.3) is 11.3 Å². The van der Waals surface area contributed by atoms with E-state index in [1.54, 1.807) is 0 Å². The topological polar surface area (TPSA) is 110 Å². The normalized spacial score (nSPS) is 11.6. The van der Waals surface area contributed by atoms with Crippen LogP contribution in [0.5, 0.6) is 0 Å². The summed E-state index contributed by atoms with van der Waals surface area (Å²) in [6, 6.07) is 9.18. The summed E-state index contributed by atoms with van der Waals surface area (Å²) in [4.78, 5) is 8.55. The van der Waals surface area contributed by atoms with Crippen LogP contribution in [0.3, 0.4) is 0 Å². The number of benzene rings is 1. The Hall–Kier alpha value is -1.91. The molecule has 11 heteroatoms. The van der Waals surface area contributed by atoms with Crippen molar-refractivity contribution in [1.82, 2.24) is 14.7 Å². The lowest BCUT2D eigenvalue weighted by molar-refractivity contribution is 0.582. The number of thiophene rings is 1. The van der Waals surface area contributed by atoms with E-state index < -0.39 is 10.0 Å². The van der Waals surface area contributed by atoms with Crippen LogP contribution in [0, 0.1) is 13.8 Å². The van der Waals surface area contributed by atoms with E-state index in [4.69, 9.17) is 28.9 Å². The molecule has 3 rings (SSSR count). The molecule has 4 N–H and O–H groups in total. The van der Waals surface area contributed by atoms with Crippen molar-refractivity contribution in [2.45, 2.75) is 24.5 Å². The molecule has 0 aliphatic rings. The Morgan fingerprint density at radius 3 is 2.60 bits per heavy atom. The summed E-state index contributed by atoms with van der Waals surface area (Å²) in [5.41, 5.74) is 9.90. The minimum absolute atomic E-state index is 0.0900. The van der Waals surface area contributed by atoms with Crippen LogP contribution < -0.4 is 15.8 Å². The van der Waals surface area contributed by atoms with Gasteiger partial charge in [-0.05, 0) is 37.5 Å². The zero-order chi connectivity index (χ0) is 21.9. The molecule has 7 nitrogen and oxygen atoms in total. The van der Waals surface area contributed by atoms with Gasteiger partial charge >= 0.3 is 0 Å². The molecular weight excluding hydrogens is 465 g/mol. The third kappa shape index (κ3) is 5.41. The number of aryl methyl sites for hydroxylation is 1. The van der Waals surface area contributed by atoms with Crippen LogP contribution in [0.2, 0.25) is 9.36 Å². The molecule has 0 radical (unpaired) electrons. The number of nitrogens with one attached hydrogen (secondary N) is 2. The predicted molar refractivity (Wildman–Crippen MR) is 124 cm³/mol. The molecule has 1 aromatic carbocycles. The Morgan fingerprint density at radius 2 is 1.90 bits per heavy atom. The Morgan fingerprint density at radius 1 is 1.13 bits per heavy atom. The SMILES string of the molecule is Cc1cccc(-c2cc(NCCCNS(=O)(=O)c3cc(Cl)c(Cl)s3)nc(N)n2)c1C. The first-order chi connectivity index (χ1) is 14.2. The highest BCUT2D eigenvalue weighted by atomic mass is 35.5. The number of anilines is 2. The van der Waals surface area contributed by atoms with Gasteiger partial charge in [-0.1, -0.05) is 41.4 Å². The van der Waals surface area contributed by atoms with Crippen molar-refractivity contribution in [3.8, 4) is 11.3 Å². The van der Waals surface area contributed by atoms with Gasteiger partial charge in [-0.2, -0.15) is 4.98 Å². The Kier molecular flexibility index (Phi) is 7.20. The average molecular weight is 486 g/mol. The first kappa shape index (κ1) is 22.8. The second-order valence-corrected chi connectivity index (χ2v) is 10.7. The van der Waals surface area contributed by atoms with E-state index in [0.29, 0.717) is 18.8 Å². The number of sulfonamides is 1. The van der Waals surface area contributed by atoms with Crippen LogP contribution in [0.15, 0.2) is 34.5 Å². The third-order valence-corrected chi connectivity index (χ3v) is 8.26. The molecule has 2 heterocycles. The summed E-state index contributed by atoms with van der Waals surface area (Å²) >= 11 is 12.6. The first-order valence-electron chi connectivity index (χ1n) is 9.07. The minimum atomic E-state index is -3.64. The highest BCUT2D eigenvalue weighted by Gasteiger charge is 2.18. The molecule has 2 aromatic heterocycles. The van der Waals surface area contributed by atoms with Crippen molar-refractivity contribution < 1.29 is 8.42 Å². The molecule has 0 saturated heterocycles. The molecule has 160 valence electrons. The number of halogens is 2. The molecule has 0 bridgehead atoms. The van der Waals surface area contributed by atoms with Crippen molar-refractivity contribution in [2.24, 2.45) is 0 Å². The summed E-state index contributed by atoms with van der Waals surface area (Å²) in [6.45, 7) is 4.82. The van der Waals surface area contributed by atoms with E-state index in [2.05, 4.69) is 20.0 Å². The van der Waals surface area contributed by atoms with E-state index in [1.165, 1.54) is 11.6 Å². The largest absolute Gasteiger partial charge is 0.370 e. The van der Waals surface area contributed by atoms with Gasteiger partial charge < -0.3 is 11.1 Å². The Balaban J connectivity index is 1.59. The summed E-state index contributed by atoms with van der Waals surface area (Å²) in [7, 11) is -3.64. The lowest BCUT2D eigenvalue weighted by atomic mass is 10.0. The fourth-order valence-corrected chi connectivity index (χ4v) is 5.76. The van der Waals surface area contributed by atoms with Gasteiger partial charge in [0, 0.05) is 24.7 Å². The second kappa shape index (κ2) is 9.49. The number of nitrogens with zero attached hydrogens (tertiary/aromatic N) is 2. The van der Waals surface area contributed by atoms with Gasteiger partial charge in [0.2, 0.25) is 16.0 Å². The maximum atomic E-state index is 12.3. The van der Waals surface area contributed by atoms with Gasteiger partial charge in [0.05, 0.1) is 10.7 Å². The van der Waals surface area contributed by atoms with Gasteiger partial charge in [-0.25, -0.2) is 18.1 Å². The molecule has 0 fully saturated rings. The van der Waals surface area contributed by atoms with Crippen LogP contribution in [-0.4, -0.2) is 31.5 Å². The van der Waals surface area contributed by atoms with E-state index in [0.717, 1.165) is 28.2 Å². The standard InChI is InChI=1S/C19H21Cl2N5O2S2/c1-11-5-3-6-13(12(11)2)15-10-16(26-19(22)25-15)23-7-4-8-24-30(27,28)17-9-14(20)18(21)29-17/h3,5-6,9-10,24H,4,7-8H2,1-2H3,(H3,22,23,25,26). The van der Waals surface area contributed by atoms with Gasteiger partial charge in [-0.3, -0.25) is 0 Å². The molecule has 30 heavy (non-hydrogen) atoms. The lowest BCUT2D eigenvalue weighted by Gasteiger charge is -2.11. The van der Waals surface area contributed by atoms with Crippen molar-refractivity contribution in [3.63, 3.8) is 0 Å². The number of hydrogen-bond acceptors (Lipinski definition) is 7. The monoisotopic (exact) mass is 485 g/mol. The first-order valence-corrected chi connectivity index (χ1v) is 12.1. The van der Waals surface area contributed by atoms with Crippen molar-refractivity contribution in [3.05, 3.63) is 50.8 Å². The zero-order valence-electron chi connectivity index (χ0n) is 16.4. The fourth-order valence-electron chi connectivity index (χ4n) is 2.76. The number of nitrogen functional groups attached to an aromatic ring is 1.